The normalized spacial score (nSPS) is 12.2. The summed E-state index contributed by atoms with van der Waals surface area (Å²) in [6, 6.07) is 39.5. The van der Waals surface area contributed by atoms with Crippen molar-refractivity contribution in [1.82, 2.24) is 29.9 Å². The number of hydrogen-bond donors (Lipinski definition) is 4. The highest BCUT2D eigenvalue weighted by Gasteiger charge is 2.35. The van der Waals surface area contributed by atoms with Gasteiger partial charge in [-0.25, -0.2) is 9.03 Å². The maximum atomic E-state index is 13.5. The molecule has 8 aromatic rings. The number of aromatic nitrogens is 4. The molecule has 4 amide bonds. The first-order valence-corrected chi connectivity index (χ1v) is 23.0. The van der Waals surface area contributed by atoms with Crippen molar-refractivity contribution in [2.24, 2.45) is 0 Å². The minimum Gasteiger partial charge on any atom is -0.423 e. The predicted octanol–water partition coefficient (Wildman–Crippen LogP) is 7.82. The number of rotatable bonds is 10. The maximum Gasteiger partial charge on any atom is 0.488 e. The number of fused-ring (bicyclic) bond motifs is 2. The number of anilines is 2. The van der Waals surface area contributed by atoms with Gasteiger partial charge in [0.1, 0.15) is 0 Å². The van der Waals surface area contributed by atoms with E-state index in [2.05, 4.69) is 48.9 Å². The lowest BCUT2D eigenvalue weighted by molar-refractivity contribution is 0.0955. The second-order valence-electron chi connectivity index (χ2n) is 16.4. The van der Waals surface area contributed by atoms with Gasteiger partial charge in [0.25, 0.3) is 23.6 Å². The predicted molar refractivity (Wildman–Crippen MR) is 282 cm³/mol. The van der Waals surface area contributed by atoms with E-state index in [9.17, 15) is 19.2 Å². The highest BCUT2D eigenvalue weighted by atomic mass is 79.9. The van der Waals surface area contributed by atoms with Gasteiger partial charge in [0, 0.05) is 77.8 Å². The molecule has 0 radical (unpaired) electrons. The number of amides is 4. The quantitative estimate of drug-likeness (QED) is 0.0973. The van der Waals surface area contributed by atoms with E-state index in [1.54, 1.807) is 89.4 Å². The average Bonchev–Trinajstić information content (AvgIpc) is 4.35. The number of carbonyl (C=O) groups is 4. The van der Waals surface area contributed by atoms with Crippen LogP contribution in [0.5, 0.6) is 0 Å². The van der Waals surface area contributed by atoms with E-state index in [-0.39, 0.29) is 50.6 Å². The first kappa shape index (κ1) is 52.9. The third-order valence-electron chi connectivity index (χ3n) is 11.7. The summed E-state index contributed by atoms with van der Waals surface area (Å²) < 4.78 is 4.32. The monoisotopic (exact) mass is 1030 g/mol. The summed E-state index contributed by atoms with van der Waals surface area (Å²) in [5, 5.41) is 49.2. The number of benzene rings is 4. The molecule has 364 valence electrons. The Morgan fingerprint density at radius 2 is 1.03 bits per heavy atom. The van der Waals surface area contributed by atoms with Gasteiger partial charge in [-0.2, -0.15) is 20.7 Å². The zero-order valence-corrected chi connectivity index (χ0v) is 39.5. The topological polar surface area (TPSA) is 221 Å². The van der Waals surface area contributed by atoms with Crippen molar-refractivity contribution in [3.8, 4) is 23.3 Å². The van der Waals surface area contributed by atoms with Gasteiger partial charge in [-0.3, -0.25) is 19.2 Å². The first-order valence-electron chi connectivity index (χ1n) is 22.2. The first-order chi connectivity index (χ1) is 33.9. The van der Waals surface area contributed by atoms with Gasteiger partial charge in [0.15, 0.2) is 0 Å². The third kappa shape index (κ3) is 11.9. The molecule has 72 heavy (non-hydrogen) atoms. The molecule has 0 aliphatic heterocycles. The Kier molecular flexibility index (Phi) is 17.3. The highest BCUT2D eigenvalue weighted by molar-refractivity contribution is 9.10. The van der Waals surface area contributed by atoms with Gasteiger partial charge in [0.2, 0.25) is 0 Å². The van der Waals surface area contributed by atoms with E-state index in [1.165, 1.54) is 31.3 Å². The Morgan fingerprint density at radius 3 is 1.44 bits per heavy atom. The molecule has 16 nitrogen and oxygen atoms in total. The standard InChI is InChI=1S/C26H21N5O2.C18H13BrN4O.C8H10BNO3.2CH4/c1-28-25(32)19-6-4-18(5-7-19)23-16-29-30-13-12-20(14-24(23)30)26(33)31(22-10-11-22)21-8-2-17(15-27)3-9-21;19-16-11-21-22-8-7-13(9-17(16)22)18(24)23(15-5-6-15)14-3-1-12(10-20)2-4-14;1-10-8(11)6-2-4-7(5-3-6)9(12)13;;/h2-9,12-14,16,22H,10-11H2,1H3,(H,28,32);1-4,7-9,11,15H,5-6H2;2-5,12-13H,1H3,(H,10,11);2*1H4. The molecule has 4 N–H and O–H groups in total. The fourth-order valence-electron chi connectivity index (χ4n) is 7.64. The minimum absolute atomic E-state index is 0. The van der Waals surface area contributed by atoms with Gasteiger partial charge < -0.3 is 30.5 Å². The van der Waals surface area contributed by atoms with Crippen molar-refractivity contribution in [3.05, 3.63) is 184 Å². The lowest BCUT2D eigenvalue weighted by Crippen LogP contribution is -2.33. The van der Waals surface area contributed by atoms with E-state index < -0.39 is 7.12 Å². The number of halogens is 1. The molecule has 0 spiro atoms. The van der Waals surface area contributed by atoms with E-state index >= 15 is 0 Å². The average molecular weight is 1030 g/mol. The van der Waals surface area contributed by atoms with Crippen molar-refractivity contribution < 1.29 is 29.2 Å². The summed E-state index contributed by atoms with van der Waals surface area (Å²) in [6.45, 7) is 0. The fourth-order valence-corrected chi connectivity index (χ4v) is 8.03. The van der Waals surface area contributed by atoms with E-state index in [1.807, 2.05) is 58.3 Å². The third-order valence-corrected chi connectivity index (χ3v) is 12.3. The molecule has 4 aromatic carbocycles. The Hall–Kier alpha value is -8.42. The van der Waals surface area contributed by atoms with Crippen LogP contribution < -0.4 is 25.9 Å². The maximum absolute atomic E-state index is 13.5. The van der Waals surface area contributed by atoms with E-state index in [0.29, 0.717) is 38.8 Å². The number of nitriles is 2. The second-order valence-corrected chi connectivity index (χ2v) is 17.3. The van der Waals surface area contributed by atoms with Crippen LogP contribution in [0.4, 0.5) is 11.4 Å². The largest absolute Gasteiger partial charge is 0.488 e. The summed E-state index contributed by atoms with van der Waals surface area (Å²) in [4.78, 5) is 53.2. The van der Waals surface area contributed by atoms with Crippen molar-refractivity contribution >= 4 is 74.5 Å². The second kappa shape index (κ2) is 23.5. The van der Waals surface area contributed by atoms with Crippen LogP contribution in [0.15, 0.2) is 151 Å². The Balaban J connectivity index is 0.000000190. The summed E-state index contributed by atoms with van der Waals surface area (Å²) in [5.41, 5.74) is 8.87. The molecule has 2 aliphatic rings. The number of pyridine rings is 2. The van der Waals surface area contributed by atoms with Crippen LogP contribution in [-0.4, -0.2) is 86.2 Å². The molecular formula is C54H52BBrN10O6. The molecule has 10 rings (SSSR count). The van der Waals surface area contributed by atoms with Gasteiger partial charge in [0.05, 0.1) is 51.2 Å². The SMILES string of the molecule is C.C.CNC(=O)c1ccc(-c2cnn3ccc(C(=O)N(c4ccc(C#N)cc4)C4CC4)cc23)cc1.CNC(=O)c1ccc(B(O)O)cc1.N#Cc1ccc(N(C(=O)c2ccn3ncc(Br)c3c2)C2CC2)cc1. The molecule has 0 atom stereocenters. The van der Waals surface area contributed by atoms with Crippen LogP contribution >= 0.6 is 15.9 Å². The van der Waals surface area contributed by atoms with Crippen molar-refractivity contribution in [2.45, 2.75) is 52.6 Å². The van der Waals surface area contributed by atoms with Gasteiger partial charge in [-0.15, -0.1) is 0 Å². The number of nitrogens with one attached hydrogen (secondary N) is 2. The van der Waals surface area contributed by atoms with Crippen LogP contribution in [0.2, 0.25) is 0 Å². The molecular weight excluding hydrogens is 975 g/mol. The summed E-state index contributed by atoms with van der Waals surface area (Å²) >= 11 is 3.45. The van der Waals surface area contributed by atoms with Gasteiger partial charge >= 0.3 is 7.12 Å². The summed E-state index contributed by atoms with van der Waals surface area (Å²) in [6.07, 6.45) is 11.0. The smallest absolute Gasteiger partial charge is 0.423 e. The van der Waals surface area contributed by atoms with Crippen LogP contribution in [0.25, 0.3) is 22.2 Å². The molecule has 2 aliphatic carbocycles. The molecule has 2 saturated carbocycles. The lowest BCUT2D eigenvalue weighted by Gasteiger charge is -2.23. The fraction of sp³-hybridized carbons (Fsp3) is 0.185. The van der Waals surface area contributed by atoms with Crippen LogP contribution in [0.1, 0.15) is 93.1 Å². The van der Waals surface area contributed by atoms with E-state index in [0.717, 1.165) is 63.7 Å². The van der Waals surface area contributed by atoms with Crippen LogP contribution in [0.3, 0.4) is 0 Å². The Bertz CT molecular complexity index is 3300. The van der Waals surface area contributed by atoms with Crippen molar-refractivity contribution in [2.75, 3.05) is 23.9 Å². The molecule has 2 fully saturated rings. The number of hydrogen-bond acceptors (Lipinski definition) is 10. The van der Waals surface area contributed by atoms with Crippen LogP contribution in [-0.2, 0) is 0 Å². The minimum atomic E-state index is -1.49. The van der Waals surface area contributed by atoms with Crippen LogP contribution in [0, 0.1) is 22.7 Å². The molecule has 4 heterocycles. The highest BCUT2D eigenvalue weighted by Crippen LogP contribution is 2.35. The Morgan fingerprint density at radius 1 is 0.611 bits per heavy atom. The van der Waals surface area contributed by atoms with Crippen molar-refractivity contribution in [3.63, 3.8) is 0 Å². The summed E-state index contributed by atoms with van der Waals surface area (Å²) in [7, 11) is 1.65. The zero-order chi connectivity index (χ0) is 49.5. The number of nitrogens with zero attached hydrogens (tertiary/aromatic N) is 8. The Labute approximate surface area is 426 Å². The summed E-state index contributed by atoms with van der Waals surface area (Å²) in [5.74, 6) is -0.444. The molecule has 0 bridgehead atoms. The molecule has 18 heteroatoms. The van der Waals surface area contributed by atoms with E-state index in [4.69, 9.17) is 20.6 Å². The number of carbonyl (C=O) groups excluding carboxylic acids is 4. The molecule has 4 aromatic heterocycles. The lowest BCUT2D eigenvalue weighted by atomic mass is 9.80. The molecule has 0 saturated heterocycles. The van der Waals surface area contributed by atoms with Gasteiger partial charge in [-0.05, 0) is 150 Å². The zero-order valence-electron chi connectivity index (χ0n) is 37.9. The molecule has 0 unspecified atom stereocenters. The van der Waals surface area contributed by atoms with Crippen molar-refractivity contribution in [1.29, 1.82) is 10.5 Å². The van der Waals surface area contributed by atoms with Gasteiger partial charge in [-0.1, -0.05) is 39.1 Å².